The maximum absolute atomic E-state index is 12.5. The largest absolute Gasteiger partial charge is 0.493 e. The van der Waals surface area contributed by atoms with E-state index in [0.29, 0.717) is 17.4 Å². The first-order chi connectivity index (χ1) is 15.4. The molecule has 168 valence electrons. The van der Waals surface area contributed by atoms with Gasteiger partial charge in [-0.2, -0.15) is 5.10 Å². The SMILES string of the molecule is COc1cc(/C=N/NC(=O)[C@@H]2[C@H]3CCCC[C@@]32C)ccc1OCc1ccc([N+](=O)[O-])cc1. The minimum atomic E-state index is -0.436. The quantitative estimate of drug-likeness (QED) is 0.373. The molecule has 0 unspecified atom stereocenters. The number of nitro benzene ring substituents is 1. The number of nitrogens with zero attached hydrogens (tertiary/aromatic N) is 2. The van der Waals surface area contributed by atoms with Crippen molar-refractivity contribution in [1.82, 2.24) is 5.43 Å². The number of carbonyl (C=O) groups is 1. The van der Waals surface area contributed by atoms with E-state index >= 15 is 0 Å². The first-order valence-corrected chi connectivity index (χ1v) is 10.8. The van der Waals surface area contributed by atoms with Crippen LogP contribution in [0, 0.1) is 27.4 Å². The molecule has 2 saturated carbocycles. The van der Waals surface area contributed by atoms with Crippen LogP contribution in [0.25, 0.3) is 0 Å². The molecule has 2 aromatic carbocycles. The van der Waals surface area contributed by atoms with Crippen molar-refractivity contribution in [1.29, 1.82) is 0 Å². The van der Waals surface area contributed by atoms with Crippen LogP contribution in [0.4, 0.5) is 5.69 Å². The van der Waals surface area contributed by atoms with Crippen LogP contribution >= 0.6 is 0 Å². The zero-order chi connectivity index (χ0) is 22.7. The topological polar surface area (TPSA) is 103 Å². The van der Waals surface area contributed by atoms with E-state index in [0.717, 1.165) is 24.0 Å². The monoisotopic (exact) mass is 437 g/mol. The van der Waals surface area contributed by atoms with Gasteiger partial charge in [0.2, 0.25) is 5.91 Å². The second-order valence-corrected chi connectivity index (χ2v) is 8.69. The van der Waals surface area contributed by atoms with Gasteiger partial charge in [-0.05, 0) is 65.6 Å². The van der Waals surface area contributed by atoms with E-state index in [1.165, 1.54) is 25.0 Å². The van der Waals surface area contributed by atoms with Crippen molar-refractivity contribution in [3.8, 4) is 11.5 Å². The van der Waals surface area contributed by atoms with Crippen LogP contribution in [0.1, 0.15) is 43.7 Å². The third-order valence-corrected chi connectivity index (χ3v) is 6.73. The van der Waals surface area contributed by atoms with E-state index in [4.69, 9.17) is 9.47 Å². The number of hydrogen-bond donors (Lipinski definition) is 1. The lowest BCUT2D eigenvalue weighted by Gasteiger charge is -2.15. The fourth-order valence-corrected chi connectivity index (χ4v) is 4.85. The molecule has 0 spiro atoms. The van der Waals surface area contributed by atoms with Gasteiger partial charge in [-0.15, -0.1) is 0 Å². The molecular formula is C24H27N3O5. The van der Waals surface area contributed by atoms with E-state index in [9.17, 15) is 14.9 Å². The third-order valence-electron chi connectivity index (χ3n) is 6.73. The molecule has 32 heavy (non-hydrogen) atoms. The van der Waals surface area contributed by atoms with Crippen molar-refractivity contribution < 1.29 is 19.2 Å². The Morgan fingerprint density at radius 2 is 2.03 bits per heavy atom. The number of hydrazone groups is 1. The molecule has 2 aliphatic rings. The summed E-state index contributed by atoms with van der Waals surface area (Å²) >= 11 is 0. The van der Waals surface area contributed by atoms with Gasteiger partial charge >= 0.3 is 0 Å². The highest BCUT2D eigenvalue weighted by atomic mass is 16.6. The number of methoxy groups -OCH3 is 1. The molecule has 3 atom stereocenters. The van der Waals surface area contributed by atoms with E-state index in [-0.39, 0.29) is 29.5 Å². The average molecular weight is 437 g/mol. The van der Waals surface area contributed by atoms with Crippen molar-refractivity contribution >= 4 is 17.8 Å². The number of nitrogens with one attached hydrogen (secondary N) is 1. The zero-order valence-corrected chi connectivity index (χ0v) is 18.2. The Kier molecular flexibility index (Phi) is 6.12. The molecule has 0 saturated heterocycles. The van der Waals surface area contributed by atoms with Crippen LogP contribution in [0.15, 0.2) is 47.6 Å². The zero-order valence-electron chi connectivity index (χ0n) is 18.2. The van der Waals surface area contributed by atoms with Crippen molar-refractivity contribution in [3.63, 3.8) is 0 Å². The van der Waals surface area contributed by atoms with Crippen LogP contribution in [0.2, 0.25) is 0 Å². The number of ether oxygens (including phenoxy) is 2. The maximum Gasteiger partial charge on any atom is 0.269 e. The summed E-state index contributed by atoms with van der Waals surface area (Å²) < 4.78 is 11.2. The Balaban J connectivity index is 1.33. The van der Waals surface area contributed by atoms with Crippen molar-refractivity contribution in [3.05, 3.63) is 63.7 Å². The Morgan fingerprint density at radius 3 is 2.69 bits per heavy atom. The fourth-order valence-electron chi connectivity index (χ4n) is 4.85. The molecule has 0 bridgehead atoms. The molecule has 0 aromatic heterocycles. The van der Waals surface area contributed by atoms with Crippen molar-refractivity contribution in [2.75, 3.05) is 7.11 Å². The molecule has 2 aliphatic carbocycles. The fraction of sp³-hybridized carbons (Fsp3) is 0.417. The summed E-state index contributed by atoms with van der Waals surface area (Å²) in [7, 11) is 1.55. The summed E-state index contributed by atoms with van der Waals surface area (Å²) in [5.74, 6) is 1.65. The highest BCUT2D eigenvalue weighted by Crippen LogP contribution is 2.66. The Bertz CT molecular complexity index is 1040. The number of non-ortho nitro benzene ring substituents is 1. The standard InChI is InChI=1S/C24H27N3O5/c1-24-12-4-3-5-19(24)22(24)23(28)26-25-14-17-8-11-20(21(13-17)31-2)32-15-16-6-9-18(10-7-16)27(29)30/h6-11,13-14,19,22H,3-5,12,15H2,1-2H3,(H,26,28)/b25-14+/t19-,22+,24+/m1/s1. The van der Waals surface area contributed by atoms with Gasteiger partial charge in [0.15, 0.2) is 11.5 Å². The van der Waals surface area contributed by atoms with Gasteiger partial charge in [-0.3, -0.25) is 14.9 Å². The van der Waals surface area contributed by atoms with Gasteiger partial charge in [-0.1, -0.05) is 19.8 Å². The van der Waals surface area contributed by atoms with Crippen LogP contribution in [-0.2, 0) is 11.4 Å². The summed E-state index contributed by atoms with van der Waals surface area (Å²) in [6.07, 6.45) is 6.27. The minimum Gasteiger partial charge on any atom is -0.493 e. The molecule has 8 nitrogen and oxygen atoms in total. The highest BCUT2D eigenvalue weighted by molar-refractivity contribution is 5.86. The molecule has 2 fully saturated rings. The molecular weight excluding hydrogens is 410 g/mol. The summed E-state index contributed by atoms with van der Waals surface area (Å²) in [5.41, 5.74) is 4.47. The number of carbonyl (C=O) groups excluding carboxylic acids is 1. The third kappa shape index (κ3) is 4.44. The lowest BCUT2D eigenvalue weighted by Crippen LogP contribution is -2.22. The predicted molar refractivity (Wildman–Crippen MR) is 120 cm³/mol. The lowest BCUT2D eigenvalue weighted by atomic mass is 9.90. The number of rotatable bonds is 8. The summed E-state index contributed by atoms with van der Waals surface area (Å²) in [5, 5.41) is 14.9. The number of fused-ring (bicyclic) bond motifs is 1. The molecule has 2 aromatic rings. The molecule has 1 amide bonds. The van der Waals surface area contributed by atoms with Crippen molar-refractivity contribution in [2.24, 2.45) is 22.4 Å². The van der Waals surface area contributed by atoms with Gasteiger partial charge in [0.1, 0.15) is 6.61 Å². The number of nitro groups is 1. The summed E-state index contributed by atoms with van der Waals surface area (Å²) in [4.78, 5) is 22.8. The summed E-state index contributed by atoms with van der Waals surface area (Å²) in [6.45, 7) is 2.46. The van der Waals surface area contributed by atoms with Gasteiger partial charge in [0, 0.05) is 18.1 Å². The van der Waals surface area contributed by atoms with E-state index in [1.54, 1.807) is 37.6 Å². The Hall–Kier alpha value is -3.42. The Labute approximate surface area is 186 Å². The number of amides is 1. The molecule has 0 heterocycles. The van der Waals surface area contributed by atoms with Gasteiger partial charge < -0.3 is 9.47 Å². The smallest absolute Gasteiger partial charge is 0.269 e. The van der Waals surface area contributed by atoms with Gasteiger partial charge in [-0.25, -0.2) is 5.43 Å². The number of benzene rings is 2. The first-order valence-electron chi connectivity index (χ1n) is 10.8. The van der Waals surface area contributed by atoms with Crippen LogP contribution in [0.5, 0.6) is 11.5 Å². The molecule has 1 N–H and O–H groups in total. The van der Waals surface area contributed by atoms with Crippen LogP contribution in [0.3, 0.4) is 0 Å². The second-order valence-electron chi connectivity index (χ2n) is 8.69. The van der Waals surface area contributed by atoms with Crippen molar-refractivity contribution in [2.45, 2.75) is 39.2 Å². The van der Waals surface area contributed by atoms with Gasteiger partial charge in [0.25, 0.3) is 5.69 Å². The predicted octanol–water partition coefficient (Wildman–Crippen LogP) is 4.46. The second kappa shape index (κ2) is 8.98. The van der Waals surface area contributed by atoms with E-state index < -0.39 is 4.92 Å². The maximum atomic E-state index is 12.5. The molecule has 4 rings (SSSR count). The highest BCUT2D eigenvalue weighted by Gasteiger charge is 2.64. The summed E-state index contributed by atoms with van der Waals surface area (Å²) in [6, 6.07) is 11.6. The lowest BCUT2D eigenvalue weighted by molar-refractivity contribution is -0.384. The van der Waals surface area contributed by atoms with Crippen LogP contribution in [-0.4, -0.2) is 24.2 Å². The average Bonchev–Trinajstić information content (AvgIpc) is 3.43. The molecule has 0 radical (unpaired) electrons. The van der Waals surface area contributed by atoms with E-state index in [1.807, 2.05) is 6.07 Å². The normalized spacial score (nSPS) is 23.9. The van der Waals surface area contributed by atoms with Gasteiger partial charge in [0.05, 0.1) is 18.2 Å². The molecule has 8 heteroatoms. The minimum absolute atomic E-state index is 0.00525. The Morgan fingerprint density at radius 1 is 1.25 bits per heavy atom. The van der Waals surface area contributed by atoms with E-state index in [2.05, 4.69) is 17.5 Å². The molecule has 0 aliphatic heterocycles. The van der Waals surface area contributed by atoms with Crippen LogP contribution < -0.4 is 14.9 Å². The number of hydrogen-bond acceptors (Lipinski definition) is 6. The first kappa shape index (κ1) is 21.8.